The van der Waals surface area contributed by atoms with Crippen LogP contribution >= 0.6 is 0 Å². The van der Waals surface area contributed by atoms with Gasteiger partial charge in [0.15, 0.2) is 0 Å². The SMILES string of the molecule is Cc1nc2c(c(-c3cccc(C(F)(F)F)c3)c1C)CC[C@@]2(C#N)Cc1ccccc1. The van der Waals surface area contributed by atoms with E-state index >= 15 is 0 Å². The van der Waals surface area contributed by atoms with Crippen LogP contribution in [0.4, 0.5) is 13.2 Å². The van der Waals surface area contributed by atoms with Gasteiger partial charge in [-0.3, -0.25) is 4.98 Å². The van der Waals surface area contributed by atoms with E-state index in [4.69, 9.17) is 4.98 Å². The maximum atomic E-state index is 13.3. The molecular formula is C25H21F3N2. The van der Waals surface area contributed by atoms with Crippen molar-refractivity contribution in [3.63, 3.8) is 0 Å². The summed E-state index contributed by atoms with van der Waals surface area (Å²) in [7, 11) is 0. The summed E-state index contributed by atoms with van der Waals surface area (Å²) in [6, 6.07) is 17.7. The molecule has 0 aliphatic heterocycles. The number of fused-ring (bicyclic) bond motifs is 1. The molecule has 2 aromatic carbocycles. The zero-order valence-electron chi connectivity index (χ0n) is 16.8. The summed E-state index contributed by atoms with van der Waals surface area (Å²) in [5, 5.41) is 10.2. The second-order valence-corrected chi connectivity index (χ2v) is 7.96. The zero-order chi connectivity index (χ0) is 21.5. The fourth-order valence-electron chi connectivity index (χ4n) is 4.45. The van der Waals surface area contributed by atoms with E-state index in [0.717, 1.165) is 34.0 Å². The van der Waals surface area contributed by atoms with Crippen molar-refractivity contribution in [3.05, 3.63) is 88.2 Å². The number of benzene rings is 2. The lowest BCUT2D eigenvalue weighted by molar-refractivity contribution is -0.137. The van der Waals surface area contributed by atoms with Crippen LogP contribution in [-0.4, -0.2) is 4.98 Å². The van der Waals surface area contributed by atoms with Gasteiger partial charge in [-0.1, -0.05) is 42.5 Å². The van der Waals surface area contributed by atoms with Crippen molar-refractivity contribution >= 4 is 0 Å². The highest BCUT2D eigenvalue weighted by molar-refractivity contribution is 5.75. The summed E-state index contributed by atoms with van der Waals surface area (Å²) in [5.74, 6) is 0. The van der Waals surface area contributed by atoms with Crippen LogP contribution in [0, 0.1) is 25.2 Å². The Balaban J connectivity index is 1.89. The number of aryl methyl sites for hydroxylation is 1. The van der Waals surface area contributed by atoms with Crippen molar-refractivity contribution < 1.29 is 13.2 Å². The lowest BCUT2D eigenvalue weighted by atomic mass is 9.80. The Morgan fingerprint density at radius 3 is 2.47 bits per heavy atom. The summed E-state index contributed by atoms with van der Waals surface area (Å²) in [4.78, 5) is 4.79. The summed E-state index contributed by atoms with van der Waals surface area (Å²) in [5.41, 5.74) is 4.14. The summed E-state index contributed by atoms with van der Waals surface area (Å²) >= 11 is 0. The van der Waals surface area contributed by atoms with Gasteiger partial charge in [0.1, 0.15) is 5.41 Å². The van der Waals surface area contributed by atoms with Gasteiger partial charge in [-0.25, -0.2) is 0 Å². The lowest BCUT2D eigenvalue weighted by Crippen LogP contribution is -2.25. The number of pyridine rings is 1. The van der Waals surface area contributed by atoms with E-state index in [1.807, 2.05) is 44.2 Å². The van der Waals surface area contributed by atoms with E-state index in [2.05, 4.69) is 6.07 Å². The van der Waals surface area contributed by atoms with Crippen molar-refractivity contribution in [1.82, 2.24) is 4.98 Å². The minimum atomic E-state index is -4.40. The van der Waals surface area contributed by atoms with E-state index < -0.39 is 17.2 Å². The molecule has 0 saturated heterocycles. The van der Waals surface area contributed by atoms with E-state index in [1.54, 1.807) is 6.07 Å². The largest absolute Gasteiger partial charge is 0.416 e. The van der Waals surface area contributed by atoms with Crippen molar-refractivity contribution in [1.29, 1.82) is 5.26 Å². The standard InChI is InChI=1S/C25H21F3N2/c1-16-17(2)30-23-21(22(16)19-9-6-10-20(13-19)25(26,27)28)11-12-24(23,15-29)14-18-7-4-3-5-8-18/h3-10,13H,11-12,14H2,1-2H3/t24-/m0/s1. The minimum Gasteiger partial charge on any atom is -0.256 e. The number of aromatic nitrogens is 1. The molecule has 0 fully saturated rings. The Hall–Kier alpha value is -3.13. The molecule has 0 unspecified atom stereocenters. The molecule has 1 atom stereocenters. The highest BCUT2D eigenvalue weighted by atomic mass is 19.4. The number of halogens is 3. The quantitative estimate of drug-likeness (QED) is 0.509. The van der Waals surface area contributed by atoms with Crippen LogP contribution in [0.25, 0.3) is 11.1 Å². The van der Waals surface area contributed by atoms with Crippen LogP contribution in [0.15, 0.2) is 54.6 Å². The second-order valence-electron chi connectivity index (χ2n) is 7.96. The van der Waals surface area contributed by atoms with Gasteiger partial charge in [-0.2, -0.15) is 18.4 Å². The first kappa shape index (κ1) is 20.2. The van der Waals surface area contributed by atoms with Crippen LogP contribution in [0.5, 0.6) is 0 Å². The van der Waals surface area contributed by atoms with E-state index in [9.17, 15) is 18.4 Å². The number of rotatable bonds is 3. The molecule has 152 valence electrons. The van der Waals surface area contributed by atoms with Gasteiger partial charge in [0, 0.05) is 5.69 Å². The molecule has 1 aliphatic rings. The van der Waals surface area contributed by atoms with E-state index in [-0.39, 0.29) is 0 Å². The van der Waals surface area contributed by atoms with Crippen molar-refractivity contribution in [2.45, 2.75) is 44.7 Å². The molecule has 1 heterocycles. The van der Waals surface area contributed by atoms with Gasteiger partial charge in [0.25, 0.3) is 0 Å². The van der Waals surface area contributed by atoms with Gasteiger partial charge in [0.05, 0.1) is 17.3 Å². The van der Waals surface area contributed by atoms with Crippen LogP contribution < -0.4 is 0 Å². The first-order valence-electron chi connectivity index (χ1n) is 9.88. The molecule has 2 nitrogen and oxygen atoms in total. The highest BCUT2D eigenvalue weighted by Gasteiger charge is 2.43. The van der Waals surface area contributed by atoms with Gasteiger partial charge < -0.3 is 0 Å². The van der Waals surface area contributed by atoms with E-state index in [0.29, 0.717) is 30.5 Å². The average Bonchev–Trinajstić information content (AvgIpc) is 3.07. The Labute approximate surface area is 174 Å². The number of hydrogen-bond donors (Lipinski definition) is 0. The van der Waals surface area contributed by atoms with Crippen LogP contribution in [0.1, 0.15) is 40.1 Å². The smallest absolute Gasteiger partial charge is 0.256 e. The molecule has 0 amide bonds. The first-order chi connectivity index (χ1) is 14.2. The molecule has 0 saturated carbocycles. The summed E-state index contributed by atoms with van der Waals surface area (Å²) in [6.45, 7) is 3.75. The van der Waals surface area contributed by atoms with E-state index in [1.165, 1.54) is 12.1 Å². The second kappa shape index (κ2) is 7.28. The topological polar surface area (TPSA) is 36.7 Å². The third-order valence-corrected chi connectivity index (χ3v) is 6.08. The summed E-state index contributed by atoms with van der Waals surface area (Å²) in [6.07, 6.45) is -2.64. The fourth-order valence-corrected chi connectivity index (χ4v) is 4.45. The normalized spacial score (nSPS) is 18.1. The van der Waals surface area contributed by atoms with Crippen molar-refractivity contribution in [3.8, 4) is 17.2 Å². The molecule has 0 radical (unpaired) electrons. The highest BCUT2D eigenvalue weighted by Crippen LogP contribution is 2.46. The first-order valence-corrected chi connectivity index (χ1v) is 9.88. The predicted octanol–water partition coefficient (Wildman–Crippen LogP) is 6.33. The Morgan fingerprint density at radius 2 is 1.80 bits per heavy atom. The van der Waals surface area contributed by atoms with Gasteiger partial charge in [-0.05, 0) is 73.1 Å². The van der Waals surface area contributed by atoms with Gasteiger partial charge in [0.2, 0.25) is 0 Å². The molecule has 0 bridgehead atoms. The molecule has 3 aromatic rings. The lowest BCUT2D eigenvalue weighted by Gasteiger charge is -2.23. The molecule has 0 N–H and O–H groups in total. The maximum absolute atomic E-state index is 13.3. The Kier molecular flexibility index (Phi) is 4.89. The van der Waals surface area contributed by atoms with Gasteiger partial charge >= 0.3 is 6.18 Å². The van der Waals surface area contributed by atoms with Gasteiger partial charge in [-0.15, -0.1) is 0 Å². The predicted molar refractivity (Wildman–Crippen MR) is 110 cm³/mol. The van der Waals surface area contributed by atoms with Crippen molar-refractivity contribution in [2.75, 3.05) is 0 Å². The maximum Gasteiger partial charge on any atom is 0.416 e. The molecule has 1 aromatic heterocycles. The summed E-state index contributed by atoms with van der Waals surface area (Å²) < 4.78 is 39.9. The van der Waals surface area contributed by atoms with Crippen LogP contribution in [0.2, 0.25) is 0 Å². The molecular weight excluding hydrogens is 385 g/mol. The molecule has 5 heteroatoms. The Bertz CT molecular complexity index is 1140. The number of nitrogens with zero attached hydrogens (tertiary/aromatic N) is 2. The molecule has 4 rings (SSSR count). The third-order valence-electron chi connectivity index (χ3n) is 6.08. The van der Waals surface area contributed by atoms with Crippen LogP contribution in [-0.2, 0) is 24.4 Å². The average molecular weight is 406 g/mol. The monoisotopic (exact) mass is 406 g/mol. The van der Waals surface area contributed by atoms with Crippen molar-refractivity contribution in [2.24, 2.45) is 0 Å². The molecule has 0 spiro atoms. The minimum absolute atomic E-state index is 0.525. The number of nitriles is 1. The molecule has 30 heavy (non-hydrogen) atoms. The fraction of sp³-hybridized carbons (Fsp3) is 0.280. The third kappa shape index (κ3) is 3.37. The number of hydrogen-bond acceptors (Lipinski definition) is 2. The molecule has 1 aliphatic carbocycles. The Morgan fingerprint density at radius 1 is 1.07 bits per heavy atom. The van der Waals surface area contributed by atoms with Crippen LogP contribution in [0.3, 0.4) is 0 Å². The zero-order valence-corrected chi connectivity index (χ0v) is 16.8. The number of alkyl halides is 3.